The molecule has 10 heteroatoms. The molecular weight excluding hydrogens is 532 g/mol. The lowest BCUT2D eigenvalue weighted by molar-refractivity contribution is -0.134. The third-order valence-electron chi connectivity index (χ3n) is 5.64. The number of esters is 2. The molecule has 0 heterocycles. The summed E-state index contributed by atoms with van der Waals surface area (Å²) in [5, 5.41) is 3.76. The van der Waals surface area contributed by atoms with Crippen molar-refractivity contribution in [3.05, 3.63) is 96.1 Å². The fourth-order valence-electron chi connectivity index (χ4n) is 3.90. The summed E-state index contributed by atoms with van der Waals surface area (Å²) in [6.07, 6.45) is 2.77. The Morgan fingerprint density at radius 2 is 1.43 bits per heavy atom. The van der Waals surface area contributed by atoms with Gasteiger partial charge in [0.1, 0.15) is 0 Å². The minimum absolute atomic E-state index is 0.0345. The number of anilines is 2. The minimum Gasteiger partial charge on any atom is -0.423 e. The van der Waals surface area contributed by atoms with Gasteiger partial charge in [0.15, 0.2) is 11.5 Å². The van der Waals surface area contributed by atoms with E-state index in [0.717, 1.165) is 5.56 Å². The van der Waals surface area contributed by atoms with Crippen LogP contribution in [0.15, 0.2) is 89.8 Å². The van der Waals surface area contributed by atoms with Crippen LogP contribution in [0.3, 0.4) is 0 Å². The zero-order valence-corrected chi connectivity index (χ0v) is 22.7. The SMILES string of the molecule is CC(=O)Oc1ccc(/C=C/C(=O)Nc2cccc3c(S(=O)(=O)Nc4ccc(C)cc4)cccc23)cc1OC(C)=O. The molecule has 0 aromatic heterocycles. The highest BCUT2D eigenvalue weighted by Crippen LogP contribution is 2.31. The van der Waals surface area contributed by atoms with Crippen molar-refractivity contribution in [2.24, 2.45) is 0 Å². The monoisotopic (exact) mass is 558 g/mol. The van der Waals surface area contributed by atoms with Crippen molar-refractivity contribution >= 4 is 56.1 Å². The fraction of sp³-hybridized carbons (Fsp3) is 0.100. The third kappa shape index (κ3) is 6.91. The van der Waals surface area contributed by atoms with E-state index < -0.39 is 27.9 Å². The summed E-state index contributed by atoms with van der Waals surface area (Å²) in [6, 6.07) is 21.3. The zero-order valence-electron chi connectivity index (χ0n) is 21.9. The topological polar surface area (TPSA) is 128 Å². The summed E-state index contributed by atoms with van der Waals surface area (Å²) in [7, 11) is -3.91. The molecule has 0 bridgehead atoms. The molecule has 9 nitrogen and oxygen atoms in total. The van der Waals surface area contributed by atoms with E-state index >= 15 is 0 Å². The number of benzene rings is 4. The standard InChI is InChI=1S/C30H26N2O7S/c1-19-10-14-23(15-11-19)32-40(36,37)29-9-5-6-24-25(29)7-4-8-26(24)31-30(35)17-13-22-12-16-27(38-20(2)33)28(18-22)39-21(3)34/h4-18,32H,1-3H3,(H,31,35)/b17-13+. The molecule has 0 spiro atoms. The summed E-state index contributed by atoms with van der Waals surface area (Å²) in [4.78, 5) is 35.6. The van der Waals surface area contributed by atoms with Crippen molar-refractivity contribution in [2.75, 3.05) is 10.0 Å². The Morgan fingerprint density at radius 3 is 2.12 bits per heavy atom. The molecule has 1 amide bonds. The largest absolute Gasteiger partial charge is 0.423 e. The maximum Gasteiger partial charge on any atom is 0.308 e. The maximum atomic E-state index is 13.2. The molecule has 0 fully saturated rings. The van der Waals surface area contributed by atoms with Gasteiger partial charge in [-0.2, -0.15) is 0 Å². The summed E-state index contributed by atoms with van der Waals surface area (Å²) in [5.74, 6) is -1.54. The van der Waals surface area contributed by atoms with Gasteiger partial charge in [0.25, 0.3) is 10.0 Å². The van der Waals surface area contributed by atoms with Crippen LogP contribution < -0.4 is 19.5 Å². The average Bonchev–Trinajstić information content (AvgIpc) is 2.89. The quantitative estimate of drug-likeness (QED) is 0.167. The summed E-state index contributed by atoms with van der Waals surface area (Å²) >= 11 is 0. The lowest BCUT2D eigenvalue weighted by Gasteiger charge is -2.13. The van der Waals surface area contributed by atoms with Crippen LogP contribution in [0.1, 0.15) is 25.0 Å². The molecule has 0 unspecified atom stereocenters. The zero-order chi connectivity index (χ0) is 28.9. The molecule has 4 aromatic carbocycles. The van der Waals surface area contributed by atoms with Crippen LogP contribution in [-0.4, -0.2) is 26.3 Å². The smallest absolute Gasteiger partial charge is 0.308 e. The van der Waals surface area contributed by atoms with E-state index in [1.54, 1.807) is 48.5 Å². The maximum absolute atomic E-state index is 13.2. The molecule has 0 aliphatic heterocycles. The summed E-state index contributed by atoms with van der Waals surface area (Å²) < 4.78 is 39.2. The van der Waals surface area contributed by atoms with Crippen LogP contribution in [0.2, 0.25) is 0 Å². The van der Waals surface area contributed by atoms with Crippen molar-refractivity contribution in [1.29, 1.82) is 0 Å². The minimum atomic E-state index is -3.91. The molecular formula is C30H26N2O7S. The first-order valence-electron chi connectivity index (χ1n) is 12.1. The predicted octanol–water partition coefficient (Wildman–Crippen LogP) is 5.45. The van der Waals surface area contributed by atoms with Gasteiger partial charge >= 0.3 is 11.9 Å². The van der Waals surface area contributed by atoms with Gasteiger partial charge in [-0.05, 0) is 55.0 Å². The van der Waals surface area contributed by atoms with Crippen molar-refractivity contribution < 1.29 is 32.3 Å². The molecule has 0 atom stereocenters. The third-order valence-corrected chi connectivity index (χ3v) is 7.07. The number of carbonyl (C=O) groups is 3. The van der Waals surface area contributed by atoms with E-state index in [1.165, 1.54) is 44.2 Å². The van der Waals surface area contributed by atoms with Crippen molar-refractivity contribution in [3.63, 3.8) is 0 Å². The number of ether oxygens (including phenoxy) is 2. The Labute approximate surface area is 231 Å². The number of sulfonamides is 1. The van der Waals surface area contributed by atoms with Gasteiger partial charge in [-0.15, -0.1) is 0 Å². The molecule has 0 radical (unpaired) electrons. The van der Waals surface area contributed by atoms with E-state index in [9.17, 15) is 22.8 Å². The van der Waals surface area contributed by atoms with E-state index in [4.69, 9.17) is 9.47 Å². The lowest BCUT2D eigenvalue weighted by Crippen LogP contribution is -2.14. The van der Waals surface area contributed by atoms with Gasteiger partial charge < -0.3 is 14.8 Å². The number of fused-ring (bicyclic) bond motifs is 1. The number of rotatable bonds is 8. The highest BCUT2D eigenvalue weighted by Gasteiger charge is 2.19. The van der Waals surface area contributed by atoms with E-state index in [1.807, 2.05) is 19.1 Å². The number of aryl methyl sites for hydroxylation is 1. The van der Waals surface area contributed by atoms with E-state index in [2.05, 4.69) is 10.0 Å². The average molecular weight is 559 g/mol. The van der Waals surface area contributed by atoms with Gasteiger partial charge in [0, 0.05) is 42.1 Å². The number of hydrogen-bond donors (Lipinski definition) is 2. The first-order valence-corrected chi connectivity index (χ1v) is 13.6. The molecule has 4 aromatic rings. The van der Waals surface area contributed by atoms with Crippen molar-refractivity contribution in [3.8, 4) is 11.5 Å². The van der Waals surface area contributed by atoms with Crippen LogP contribution >= 0.6 is 0 Å². The lowest BCUT2D eigenvalue weighted by atomic mass is 10.1. The molecule has 4 rings (SSSR count). The second-order valence-electron chi connectivity index (χ2n) is 8.84. The Balaban J connectivity index is 1.57. The second kappa shape index (κ2) is 11.8. The first kappa shape index (κ1) is 28.1. The van der Waals surface area contributed by atoms with Gasteiger partial charge in [0.05, 0.1) is 4.90 Å². The van der Waals surface area contributed by atoms with Crippen LogP contribution in [-0.2, 0) is 24.4 Å². The fourth-order valence-corrected chi connectivity index (χ4v) is 5.19. The number of hydrogen-bond acceptors (Lipinski definition) is 7. The number of carbonyl (C=O) groups excluding carboxylic acids is 3. The van der Waals surface area contributed by atoms with E-state index in [-0.39, 0.29) is 16.4 Å². The Hall–Kier alpha value is -4.96. The highest BCUT2D eigenvalue weighted by atomic mass is 32.2. The molecule has 0 saturated heterocycles. The normalized spacial score (nSPS) is 11.3. The predicted molar refractivity (Wildman–Crippen MR) is 153 cm³/mol. The number of amides is 1. The summed E-state index contributed by atoms with van der Waals surface area (Å²) in [5.41, 5.74) is 2.38. The van der Waals surface area contributed by atoms with Gasteiger partial charge in [0.2, 0.25) is 5.91 Å². The number of nitrogens with one attached hydrogen (secondary N) is 2. The second-order valence-corrected chi connectivity index (χ2v) is 10.5. The van der Waals surface area contributed by atoms with Crippen LogP contribution in [0, 0.1) is 6.92 Å². The Kier molecular flexibility index (Phi) is 8.30. The Bertz CT molecular complexity index is 1740. The molecule has 2 N–H and O–H groups in total. The summed E-state index contributed by atoms with van der Waals surface area (Å²) in [6.45, 7) is 4.35. The van der Waals surface area contributed by atoms with Gasteiger partial charge in [-0.1, -0.05) is 48.0 Å². The molecule has 204 valence electrons. The molecule has 0 aliphatic carbocycles. The van der Waals surface area contributed by atoms with Gasteiger partial charge in [-0.3, -0.25) is 19.1 Å². The van der Waals surface area contributed by atoms with Gasteiger partial charge in [-0.25, -0.2) is 8.42 Å². The molecule has 0 saturated carbocycles. The van der Waals surface area contributed by atoms with Crippen molar-refractivity contribution in [1.82, 2.24) is 0 Å². The Morgan fingerprint density at radius 1 is 0.775 bits per heavy atom. The van der Waals surface area contributed by atoms with E-state index in [0.29, 0.717) is 27.7 Å². The van der Waals surface area contributed by atoms with Crippen molar-refractivity contribution in [2.45, 2.75) is 25.7 Å². The molecule has 0 aliphatic rings. The first-order chi connectivity index (χ1) is 19.0. The van der Waals surface area contributed by atoms with Crippen LogP contribution in [0.25, 0.3) is 16.8 Å². The van der Waals surface area contributed by atoms with Crippen LogP contribution in [0.5, 0.6) is 11.5 Å². The highest BCUT2D eigenvalue weighted by molar-refractivity contribution is 7.93. The molecule has 40 heavy (non-hydrogen) atoms. The van der Waals surface area contributed by atoms with Crippen LogP contribution in [0.4, 0.5) is 11.4 Å².